The molecule has 0 N–H and O–H groups in total. The molecule has 2 fully saturated rings. The van der Waals surface area contributed by atoms with Gasteiger partial charge in [-0.05, 0) is 63.1 Å². The fourth-order valence-corrected chi connectivity index (χ4v) is 4.13. The monoisotopic (exact) mass is 386 g/mol. The Hall–Kier alpha value is -2.08. The zero-order valence-electron chi connectivity index (χ0n) is 17.1. The molecule has 0 aromatic heterocycles. The first-order valence-corrected chi connectivity index (χ1v) is 10.3. The highest BCUT2D eigenvalue weighted by Crippen LogP contribution is 2.45. The lowest BCUT2D eigenvalue weighted by molar-refractivity contribution is 0.0146. The Morgan fingerprint density at radius 1 is 1.18 bits per heavy atom. The summed E-state index contributed by atoms with van der Waals surface area (Å²) in [6.45, 7) is 10.2. The van der Waals surface area contributed by atoms with E-state index in [1.54, 1.807) is 4.90 Å². The van der Waals surface area contributed by atoms with Crippen LogP contribution in [-0.4, -0.2) is 60.2 Å². The topological polar surface area (TPSA) is 59.1 Å². The average molecular weight is 386 g/mol. The van der Waals surface area contributed by atoms with Crippen molar-refractivity contribution in [1.29, 1.82) is 0 Å². The van der Waals surface area contributed by atoms with E-state index >= 15 is 0 Å². The van der Waals surface area contributed by atoms with Gasteiger partial charge in [-0.25, -0.2) is 9.59 Å². The standard InChI is InChI=1S/C22H30N2O4/c1-22(2,3)28-21(26)24-12-10-23(11-13-24)9-8-16-6-7-17-18(14-27-20(17)25)19(16)15-4-5-15/h6-7,15H,4-5,8-14H2,1-3H3. The van der Waals surface area contributed by atoms with Gasteiger partial charge in [-0.1, -0.05) is 6.07 Å². The number of hydrogen-bond acceptors (Lipinski definition) is 5. The summed E-state index contributed by atoms with van der Waals surface area (Å²) in [5.41, 5.74) is 4.16. The summed E-state index contributed by atoms with van der Waals surface area (Å²) in [7, 11) is 0. The maximum absolute atomic E-state index is 12.2. The lowest BCUT2D eigenvalue weighted by Gasteiger charge is -2.35. The van der Waals surface area contributed by atoms with Crippen molar-refractivity contribution in [3.05, 3.63) is 34.4 Å². The van der Waals surface area contributed by atoms with E-state index in [2.05, 4.69) is 11.0 Å². The van der Waals surface area contributed by atoms with Crippen molar-refractivity contribution in [2.75, 3.05) is 32.7 Å². The second kappa shape index (κ2) is 7.39. The Morgan fingerprint density at radius 3 is 2.54 bits per heavy atom. The lowest BCUT2D eigenvalue weighted by Crippen LogP contribution is -2.50. The fraction of sp³-hybridized carbons (Fsp3) is 0.636. The van der Waals surface area contributed by atoms with Crippen LogP contribution in [0.15, 0.2) is 12.1 Å². The molecule has 0 unspecified atom stereocenters. The van der Waals surface area contributed by atoms with Gasteiger partial charge in [0.2, 0.25) is 0 Å². The predicted octanol–water partition coefficient (Wildman–Crippen LogP) is 3.33. The Morgan fingerprint density at radius 2 is 1.89 bits per heavy atom. The van der Waals surface area contributed by atoms with Gasteiger partial charge in [-0.3, -0.25) is 4.90 Å². The van der Waals surface area contributed by atoms with Gasteiger partial charge < -0.3 is 14.4 Å². The molecule has 28 heavy (non-hydrogen) atoms. The van der Waals surface area contributed by atoms with E-state index in [0.717, 1.165) is 37.2 Å². The van der Waals surface area contributed by atoms with E-state index in [0.29, 0.717) is 25.6 Å². The van der Waals surface area contributed by atoms with Crippen LogP contribution in [0, 0.1) is 0 Å². The van der Waals surface area contributed by atoms with E-state index in [9.17, 15) is 9.59 Å². The first-order chi connectivity index (χ1) is 13.3. The molecule has 0 radical (unpaired) electrons. The zero-order valence-corrected chi connectivity index (χ0v) is 17.1. The van der Waals surface area contributed by atoms with Crippen molar-refractivity contribution in [3.8, 4) is 0 Å². The summed E-state index contributed by atoms with van der Waals surface area (Å²) in [5.74, 6) is 0.421. The third kappa shape index (κ3) is 4.17. The van der Waals surface area contributed by atoms with Crippen molar-refractivity contribution >= 4 is 12.1 Å². The molecule has 0 spiro atoms. The van der Waals surface area contributed by atoms with Crippen LogP contribution in [0.25, 0.3) is 0 Å². The molecule has 152 valence electrons. The minimum Gasteiger partial charge on any atom is -0.457 e. The van der Waals surface area contributed by atoms with Crippen molar-refractivity contribution in [2.45, 2.75) is 58.2 Å². The van der Waals surface area contributed by atoms with Crippen LogP contribution in [0.4, 0.5) is 4.79 Å². The maximum atomic E-state index is 12.2. The molecule has 1 aromatic carbocycles. The van der Waals surface area contributed by atoms with Gasteiger partial charge in [0.15, 0.2) is 0 Å². The number of rotatable bonds is 4. The van der Waals surface area contributed by atoms with Crippen LogP contribution in [0.1, 0.15) is 66.6 Å². The van der Waals surface area contributed by atoms with Gasteiger partial charge in [-0.15, -0.1) is 0 Å². The second-order valence-electron chi connectivity index (χ2n) is 9.07. The molecular weight excluding hydrogens is 356 g/mol. The maximum Gasteiger partial charge on any atom is 0.410 e. The number of hydrogen-bond donors (Lipinski definition) is 0. The summed E-state index contributed by atoms with van der Waals surface area (Å²) >= 11 is 0. The smallest absolute Gasteiger partial charge is 0.410 e. The Balaban J connectivity index is 1.34. The van der Waals surface area contributed by atoms with Crippen LogP contribution >= 0.6 is 0 Å². The van der Waals surface area contributed by atoms with E-state index in [4.69, 9.17) is 9.47 Å². The summed E-state index contributed by atoms with van der Waals surface area (Å²) < 4.78 is 10.7. The third-order valence-electron chi connectivity index (χ3n) is 5.72. The van der Waals surface area contributed by atoms with Crippen molar-refractivity contribution in [1.82, 2.24) is 9.80 Å². The highest BCUT2D eigenvalue weighted by Gasteiger charge is 2.34. The number of esters is 1. The quantitative estimate of drug-likeness (QED) is 0.743. The fourth-order valence-electron chi connectivity index (χ4n) is 4.13. The van der Waals surface area contributed by atoms with Crippen LogP contribution in [0.3, 0.4) is 0 Å². The van der Waals surface area contributed by atoms with E-state index in [1.165, 1.54) is 24.0 Å². The molecule has 2 heterocycles. The number of carbonyl (C=O) groups is 2. The number of nitrogens with zero attached hydrogens (tertiary/aromatic N) is 2. The first-order valence-electron chi connectivity index (χ1n) is 10.3. The predicted molar refractivity (Wildman–Crippen MR) is 105 cm³/mol. The van der Waals surface area contributed by atoms with E-state index in [1.807, 2.05) is 26.8 Å². The average Bonchev–Trinajstić information content (AvgIpc) is 3.41. The molecule has 0 atom stereocenters. The summed E-state index contributed by atoms with van der Waals surface area (Å²) in [6, 6.07) is 4.06. The molecule has 4 rings (SSSR count). The second-order valence-corrected chi connectivity index (χ2v) is 9.07. The molecular formula is C22H30N2O4. The SMILES string of the molecule is CC(C)(C)OC(=O)N1CCN(CCc2ccc3c(c2C2CC2)COC3=O)CC1. The number of piperazine rings is 1. The molecule has 0 bridgehead atoms. The summed E-state index contributed by atoms with van der Waals surface area (Å²) in [4.78, 5) is 28.3. The van der Waals surface area contributed by atoms with Crippen LogP contribution in [0.5, 0.6) is 0 Å². The molecule has 3 aliphatic rings. The van der Waals surface area contributed by atoms with E-state index in [-0.39, 0.29) is 12.1 Å². The molecule has 6 heteroatoms. The van der Waals surface area contributed by atoms with Gasteiger partial charge in [-0.2, -0.15) is 0 Å². The number of carbonyl (C=O) groups excluding carboxylic acids is 2. The number of fused-ring (bicyclic) bond motifs is 1. The van der Waals surface area contributed by atoms with Crippen molar-refractivity contribution in [3.63, 3.8) is 0 Å². The van der Waals surface area contributed by atoms with Crippen LogP contribution in [-0.2, 0) is 22.5 Å². The molecule has 1 amide bonds. The Kier molecular flexibility index (Phi) is 5.08. The molecule has 1 saturated carbocycles. The lowest BCUT2D eigenvalue weighted by atomic mass is 9.92. The summed E-state index contributed by atoms with van der Waals surface area (Å²) in [5, 5.41) is 0. The first kappa shape index (κ1) is 19.2. The van der Waals surface area contributed by atoms with Gasteiger partial charge in [0.05, 0.1) is 5.56 Å². The third-order valence-corrected chi connectivity index (χ3v) is 5.72. The highest BCUT2D eigenvalue weighted by molar-refractivity contribution is 5.94. The number of amides is 1. The van der Waals surface area contributed by atoms with Crippen molar-refractivity contribution in [2.24, 2.45) is 0 Å². The minimum absolute atomic E-state index is 0.179. The number of cyclic esters (lactones) is 1. The number of ether oxygens (including phenoxy) is 2. The van der Waals surface area contributed by atoms with E-state index < -0.39 is 5.60 Å². The summed E-state index contributed by atoms with van der Waals surface area (Å²) in [6.07, 6.45) is 3.18. The molecule has 1 saturated heterocycles. The number of benzene rings is 1. The Bertz CT molecular complexity index is 771. The molecule has 2 aliphatic heterocycles. The van der Waals surface area contributed by atoms with Crippen LogP contribution in [0.2, 0.25) is 0 Å². The molecule has 1 aromatic rings. The zero-order chi connectivity index (χ0) is 19.9. The van der Waals surface area contributed by atoms with Gasteiger partial charge in [0.1, 0.15) is 12.2 Å². The normalized spacial score (nSPS) is 20.1. The van der Waals surface area contributed by atoms with Crippen LogP contribution < -0.4 is 0 Å². The van der Waals surface area contributed by atoms with Gasteiger partial charge in [0.25, 0.3) is 0 Å². The minimum atomic E-state index is -0.452. The van der Waals surface area contributed by atoms with Crippen molar-refractivity contribution < 1.29 is 19.1 Å². The molecule has 1 aliphatic carbocycles. The molecule has 6 nitrogen and oxygen atoms in total. The highest BCUT2D eigenvalue weighted by atomic mass is 16.6. The largest absolute Gasteiger partial charge is 0.457 e. The van der Waals surface area contributed by atoms with Gasteiger partial charge in [0, 0.05) is 38.3 Å². The Labute approximate surface area is 166 Å². The van der Waals surface area contributed by atoms with Gasteiger partial charge >= 0.3 is 12.1 Å².